The third kappa shape index (κ3) is 2.69. The molecule has 3 nitrogen and oxygen atoms in total. The van der Waals surface area contributed by atoms with Gasteiger partial charge in [-0.3, -0.25) is 0 Å². The minimum atomic E-state index is 0.677. The number of thiophene rings is 1. The molecule has 0 saturated heterocycles. The molecule has 2 N–H and O–H groups in total. The number of aryl methyl sites for hydroxylation is 2. The average Bonchev–Trinajstić information content (AvgIpc) is 3.08. The van der Waals surface area contributed by atoms with Gasteiger partial charge in [-0.25, -0.2) is 4.68 Å². The summed E-state index contributed by atoms with van der Waals surface area (Å²) in [6.45, 7) is 4.12. The summed E-state index contributed by atoms with van der Waals surface area (Å²) >= 11 is 7.91. The van der Waals surface area contributed by atoms with Crippen molar-refractivity contribution in [2.45, 2.75) is 20.3 Å². The summed E-state index contributed by atoms with van der Waals surface area (Å²) in [5.41, 5.74) is 9.59. The zero-order valence-electron chi connectivity index (χ0n) is 11.9. The standard InChI is InChI=1S/C16H16ClN3S/c1-3-12-6-7-15(21-12)16-14(18)9-20(19-16)11-5-4-10(2)13(17)8-11/h4-9H,3,18H2,1-2H3. The van der Waals surface area contributed by atoms with E-state index in [1.165, 1.54) is 4.88 Å². The molecule has 0 saturated carbocycles. The van der Waals surface area contributed by atoms with E-state index in [0.717, 1.165) is 33.3 Å². The molecule has 21 heavy (non-hydrogen) atoms. The third-order valence-electron chi connectivity index (χ3n) is 3.41. The molecule has 0 bridgehead atoms. The van der Waals surface area contributed by atoms with Crippen LogP contribution in [0.4, 0.5) is 5.69 Å². The fourth-order valence-electron chi connectivity index (χ4n) is 2.13. The van der Waals surface area contributed by atoms with Crippen LogP contribution in [0.25, 0.3) is 16.3 Å². The van der Waals surface area contributed by atoms with E-state index >= 15 is 0 Å². The first kappa shape index (κ1) is 14.2. The fourth-order valence-corrected chi connectivity index (χ4v) is 3.26. The number of nitrogen functional groups attached to an aromatic ring is 1. The number of benzene rings is 1. The summed E-state index contributed by atoms with van der Waals surface area (Å²) in [4.78, 5) is 2.43. The molecule has 108 valence electrons. The highest BCUT2D eigenvalue weighted by molar-refractivity contribution is 7.15. The second-order valence-electron chi connectivity index (χ2n) is 4.93. The van der Waals surface area contributed by atoms with Crippen LogP contribution in [0.15, 0.2) is 36.5 Å². The van der Waals surface area contributed by atoms with Crippen molar-refractivity contribution in [1.82, 2.24) is 9.78 Å². The Balaban J connectivity index is 2.02. The Hall–Kier alpha value is -1.78. The molecule has 3 rings (SSSR count). The van der Waals surface area contributed by atoms with E-state index in [2.05, 4.69) is 24.2 Å². The normalized spacial score (nSPS) is 11.0. The minimum absolute atomic E-state index is 0.677. The Labute approximate surface area is 133 Å². The molecule has 2 aromatic heterocycles. The van der Waals surface area contributed by atoms with E-state index in [4.69, 9.17) is 17.3 Å². The van der Waals surface area contributed by atoms with Gasteiger partial charge in [-0.1, -0.05) is 24.6 Å². The highest BCUT2D eigenvalue weighted by Gasteiger charge is 2.12. The van der Waals surface area contributed by atoms with Crippen molar-refractivity contribution in [3.05, 3.63) is 52.0 Å². The van der Waals surface area contributed by atoms with Crippen LogP contribution in [-0.2, 0) is 6.42 Å². The lowest BCUT2D eigenvalue weighted by Crippen LogP contribution is -1.95. The molecular formula is C16H16ClN3S. The van der Waals surface area contributed by atoms with Crippen LogP contribution < -0.4 is 5.73 Å². The Bertz CT molecular complexity index is 789. The van der Waals surface area contributed by atoms with Crippen molar-refractivity contribution in [2.24, 2.45) is 0 Å². The number of hydrogen-bond acceptors (Lipinski definition) is 3. The number of anilines is 1. The van der Waals surface area contributed by atoms with Gasteiger partial charge in [0.25, 0.3) is 0 Å². The second kappa shape index (κ2) is 5.54. The minimum Gasteiger partial charge on any atom is -0.396 e. The van der Waals surface area contributed by atoms with Crippen LogP contribution in [0.5, 0.6) is 0 Å². The summed E-state index contributed by atoms with van der Waals surface area (Å²) in [5.74, 6) is 0. The Morgan fingerprint density at radius 1 is 1.29 bits per heavy atom. The maximum atomic E-state index is 6.18. The van der Waals surface area contributed by atoms with Gasteiger partial charge in [-0.2, -0.15) is 5.10 Å². The Morgan fingerprint density at radius 2 is 2.10 bits per heavy atom. The van der Waals surface area contributed by atoms with Crippen LogP contribution in [0, 0.1) is 6.92 Å². The number of nitrogens with two attached hydrogens (primary N) is 1. The average molecular weight is 318 g/mol. The molecule has 0 aliphatic carbocycles. The van der Waals surface area contributed by atoms with Gasteiger partial charge in [0, 0.05) is 9.90 Å². The summed E-state index contributed by atoms with van der Waals surface area (Å²) in [6, 6.07) is 10.1. The van der Waals surface area contributed by atoms with Gasteiger partial charge < -0.3 is 5.73 Å². The molecule has 0 fully saturated rings. The van der Waals surface area contributed by atoms with Gasteiger partial charge in [0.2, 0.25) is 0 Å². The molecule has 0 spiro atoms. The van der Waals surface area contributed by atoms with E-state index in [-0.39, 0.29) is 0 Å². The molecular weight excluding hydrogens is 302 g/mol. The molecule has 0 radical (unpaired) electrons. The van der Waals surface area contributed by atoms with Crippen LogP contribution in [0.2, 0.25) is 5.02 Å². The molecule has 0 aliphatic heterocycles. The zero-order valence-corrected chi connectivity index (χ0v) is 13.5. The van der Waals surface area contributed by atoms with E-state index in [9.17, 15) is 0 Å². The number of aromatic nitrogens is 2. The van der Waals surface area contributed by atoms with Crippen molar-refractivity contribution in [1.29, 1.82) is 0 Å². The Kier molecular flexibility index (Phi) is 3.74. The van der Waals surface area contributed by atoms with E-state index in [0.29, 0.717) is 5.69 Å². The SMILES string of the molecule is CCc1ccc(-c2nn(-c3ccc(C)c(Cl)c3)cc2N)s1. The number of rotatable bonds is 3. The van der Waals surface area contributed by atoms with E-state index in [1.807, 2.05) is 31.3 Å². The maximum Gasteiger partial charge on any atom is 0.126 e. The van der Waals surface area contributed by atoms with Gasteiger partial charge in [0.05, 0.1) is 22.4 Å². The first-order valence-electron chi connectivity index (χ1n) is 6.79. The first-order chi connectivity index (χ1) is 10.1. The van der Waals surface area contributed by atoms with Crippen LogP contribution in [-0.4, -0.2) is 9.78 Å². The lowest BCUT2D eigenvalue weighted by molar-refractivity contribution is 0.885. The largest absolute Gasteiger partial charge is 0.396 e. The van der Waals surface area contributed by atoms with Crippen molar-refractivity contribution in [3.63, 3.8) is 0 Å². The van der Waals surface area contributed by atoms with Crippen molar-refractivity contribution < 1.29 is 0 Å². The predicted octanol–water partition coefficient (Wildman–Crippen LogP) is 4.71. The maximum absolute atomic E-state index is 6.18. The van der Waals surface area contributed by atoms with E-state index < -0.39 is 0 Å². The highest BCUT2D eigenvalue weighted by atomic mass is 35.5. The van der Waals surface area contributed by atoms with Gasteiger partial charge in [0.1, 0.15) is 5.69 Å². The topological polar surface area (TPSA) is 43.8 Å². The summed E-state index contributed by atoms with van der Waals surface area (Å²) in [5, 5.41) is 5.34. The van der Waals surface area contributed by atoms with Crippen molar-refractivity contribution in [2.75, 3.05) is 5.73 Å². The summed E-state index contributed by atoms with van der Waals surface area (Å²) in [6.07, 6.45) is 2.86. The number of halogens is 1. The van der Waals surface area contributed by atoms with Gasteiger partial charge in [0.15, 0.2) is 0 Å². The monoisotopic (exact) mass is 317 g/mol. The number of nitrogens with zero attached hydrogens (tertiary/aromatic N) is 2. The highest BCUT2D eigenvalue weighted by Crippen LogP contribution is 2.32. The van der Waals surface area contributed by atoms with Crippen molar-refractivity contribution in [3.8, 4) is 16.3 Å². The van der Waals surface area contributed by atoms with Crippen molar-refractivity contribution >= 4 is 28.6 Å². The molecule has 0 unspecified atom stereocenters. The van der Waals surface area contributed by atoms with Crippen LogP contribution in [0.1, 0.15) is 17.4 Å². The van der Waals surface area contributed by atoms with Crippen LogP contribution in [0.3, 0.4) is 0 Å². The molecule has 0 aliphatic rings. The quantitative estimate of drug-likeness (QED) is 0.760. The fraction of sp³-hybridized carbons (Fsp3) is 0.188. The predicted molar refractivity (Wildman–Crippen MR) is 90.4 cm³/mol. The number of hydrogen-bond donors (Lipinski definition) is 1. The second-order valence-corrected chi connectivity index (χ2v) is 6.51. The van der Waals surface area contributed by atoms with Crippen LogP contribution >= 0.6 is 22.9 Å². The van der Waals surface area contributed by atoms with Gasteiger partial charge in [-0.15, -0.1) is 11.3 Å². The third-order valence-corrected chi connectivity index (χ3v) is 5.05. The molecule has 1 aromatic carbocycles. The lowest BCUT2D eigenvalue weighted by atomic mass is 10.2. The summed E-state index contributed by atoms with van der Waals surface area (Å²) in [7, 11) is 0. The molecule has 2 heterocycles. The zero-order chi connectivity index (χ0) is 15.0. The lowest BCUT2D eigenvalue weighted by Gasteiger charge is -2.03. The smallest absolute Gasteiger partial charge is 0.126 e. The van der Waals surface area contributed by atoms with E-state index in [1.54, 1.807) is 16.0 Å². The molecule has 3 aromatic rings. The summed E-state index contributed by atoms with van der Waals surface area (Å²) < 4.78 is 1.78. The molecule has 0 amide bonds. The van der Waals surface area contributed by atoms with Gasteiger partial charge in [-0.05, 0) is 43.2 Å². The first-order valence-corrected chi connectivity index (χ1v) is 7.98. The molecule has 0 atom stereocenters. The Morgan fingerprint density at radius 3 is 2.76 bits per heavy atom. The molecule has 5 heteroatoms. The van der Waals surface area contributed by atoms with Gasteiger partial charge >= 0.3 is 0 Å².